The van der Waals surface area contributed by atoms with Gasteiger partial charge in [0.15, 0.2) is 0 Å². The van der Waals surface area contributed by atoms with Crippen LogP contribution in [0.25, 0.3) is 46.6 Å². The van der Waals surface area contributed by atoms with Gasteiger partial charge < -0.3 is 18.1 Å². The van der Waals surface area contributed by atoms with E-state index in [-0.39, 0.29) is 11.7 Å². The van der Waals surface area contributed by atoms with Crippen LogP contribution in [-0.2, 0) is 28.8 Å². The van der Waals surface area contributed by atoms with E-state index in [1.807, 2.05) is 76.2 Å². The Balaban J connectivity index is 1.35. The minimum Gasteiger partial charge on any atom is -0.329 e. The van der Waals surface area contributed by atoms with Crippen LogP contribution in [-0.4, -0.2) is 32.0 Å². The van der Waals surface area contributed by atoms with Gasteiger partial charge in [0.05, 0.1) is 32.6 Å². The molecule has 0 unspecified atom stereocenters. The van der Waals surface area contributed by atoms with Crippen LogP contribution >= 0.6 is 16.0 Å². The fourth-order valence-corrected chi connectivity index (χ4v) is 9.09. The molecule has 0 amide bonds. The third kappa shape index (κ3) is 10.7. The number of benzene rings is 5. The lowest BCUT2D eigenvalue weighted by Crippen LogP contribution is -2.03. The van der Waals surface area contributed by atoms with Crippen LogP contribution in [0.1, 0.15) is 77.0 Å². The van der Waals surface area contributed by atoms with E-state index in [0.717, 1.165) is 38.9 Å². The van der Waals surface area contributed by atoms with E-state index in [9.17, 15) is 9.36 Å². The number of hydrogen-bond acceptors (Lipinski definition) is 6. The average molecular weight is 761 g/mol. The van der Waals surface area contributed by atoms with Gasteiger partial charge in [-0.15, -0.1) is 0 Å². The van der Waals surface area contributed by atoms with Crippen molar-refractivity contribution >= 4 is 45.8 Å². The van der Waals surface area contributed by atoms with E-state index in [1.54, 1.807) is 0 Å². The summed E-state index contributed by atoms with van der Waals surface area (Å²) in [6, 6.07) is 37.1. The molecule has 0 atom stereocenters. The second-order valence-corrected chi connectivity index (χ2v) is 16.2. The third-order valence-corrected chi connectivity index (χ3v) is 12.4. The summed E-state index contributed by atoms with van der Waals surface area (Å²) in [5, 5.41) is 0. The smallest absolute Gasteiger partial charge is 0.329 e. The van der Waals surface area contributed by atoms with Crippen LogP contribution in [0.15, 0.2) is 109 Å². The standard InChI is InChI=1S/C46H50O6P2/c1-7-49-53(50-8-2)46(47)41-29-25-37(26-30-41)24-28-40-16-12-14-18-43(40)45-32-34(5)44(31-35(45)6)42-17-13-11-15-39(42)27-23-36-19-21-38(22-20-36)33-54(48,51-9-3)52-10-4/h11-32H,7-10,33H2,1-6H3. The molecule has 5 rings (SSSR count). The summed E-state index contributed by atoms with van der Waals surface area (Å²) in [6.45, 7) is 13.3. The summed E-state index contributed by atoms with van der Waals surface area (Å²) >= 11 is 0. The highest BCUT2D eigenvalue weighted by Gasteiger charge is 2.24. The number of carbonyl (C=O) groups is 1. The fraction of sp³-hybridized carbons (Fsp3) is 0.239. The van der Waals surface area contributed by atoms with Crippen molar-refractivity contribution in [2.75, 3.05) is 26.4 Å². The van der Waals surface area contributed by atoms with Crippen molar-refractivity contribution in [3.8, 4) is 22.3 Å². The van der Waals surface area contributed by atoms with E-state index in [0.29, 0.717) is 32.0 Å². The lowest BCUT2D eigenvalue weighted by atomic mass is 9.88. The molecule has 0 N–H and O–H groups in total. The van der Waals surface area contributed by atoms with Gasteiger partial charge in [-0.2, -0.15) is 0 Å². The summed E-state index contributed by atoms with van der Waals surface area (Å²) in [5.41, 5.74) is 12.7. The van der Waals surface area contributed by atoms with E-state index in [2.05, 4.69) is 98.8 Å². The predicted octanol–water partition coefficient (Wildman–Crippen LogP) is 13.3. The first-order valence-electron chi connectivity index (χ1n) is 18.5. The Morgan fingerprint density at radius 3 is 1.46 bits per heavy atom. The Morgan fingerprint density at radius 1 is 0.574 bits per heavy atom. The normalized spacial score (nSPS) is 12.0. The Hall–Kier alpha value is -4.25. The first kappa shape index (κ1) is 40.9. The Morgan fingerprint density at radius 2 is 1.02 bits per heavy atom. The fourth-order valence-electron chi connectivity index (χ4n) is 6.25. The van der Waals surface area contributed by atoms with E-state index in [4.69, 9.17) is 18.1 Å². The average Bonchev–Trinajstić information content (AvgIpc) is 3.18. The maximum absolute atomic E-state index is 13.0. The van der Waals surface area contributed by atoms with Gasteiger partial charge in [-0.3, -0.25) is 9.36 Å². The monoisotopic (exact) mass is 760 g/mol. The maximum atomic E-state index is 13.0. The van der Waals surface area contributed by atoms with Gasteiger partial charge in [0.25, 0.3) is 0 Å². The lowest BCUT2D eigenvalue weighted by molar-refractivity contribution is 0.104. The molecule has 5 aromatic rings. The van der Waals surface area contributed by atoms with Crippen LogP contribution in [0.3, 0.4) is 0 Å². The predicted molar refractivity (Wildman–Crippen MR) is 227 cm³/mol. The largest absolute Gasteiger partial charge is 0.335 e. The molecule has 0 heterocycles. The van der Waals surface area contributed by atoms with Gasteiger partial charge in [0, 0.05) is 5.56 Å². The molecule has 6 nitrogen and oxygen atoms in total. The first-order chi connectivity index (χ1) is 26.2. The molecular formula is C46H50O6P2. The lowest BCUT2D eigenvalue weighted by Gasteiger charge is -2.17. The number of hydrogen-bond donors (Lipinski definition) is 0. The second kappa shape index (κ2) is 19.9. The molecule has 54 heavy (non-hydrogen) atoms. The highest BCUT2D eigenvalue weighted by Crippen LogP contribution is 2.51. The Kier molecular flexibility index (Phi) is 15.1. The number of carbonyl (C=O) groups excluding carboxylic acids is 1. The van der Waals surface area contributed by atoms with Crippen LogP contribution < -0.4 is 0 Å². The molecule has 0 radical (unpaired) electrons. The third-order valence-electron chi connectivity index (χ3n) is 8.81. The van der Waals surface area contributed by atoms with Crippen LogP contribution in [0.5, 0.6) is 0 Å². The molecule has 0 aliphatic heterocycles. The van der Waals surface area contributed by atoms with Crippen molar-refractivity contribution in [3.05, 3.63) is 154 Å². The van der Waals surface area contributed by atoms with E-state index in [1.165, 1.54) is 22.3 Å². The van der Waals surface area contributed by atoms with E-state index < -0.39 is 16.0 Å². The van der Waals surface area contributed by atoms with Crippen molar-refractivity contribution in [1.29, 1.82) is 0 Å². The zero-order chi connectivity index (χ0) is 38.5. The molecule has 0 aliphatic rings. The molecular weight excluding hydrogens is 710 g/mol. The zero-order valence-corrected chi connectivity index (χ0v) is 33.9. The van der Waals surface area contributed by atoms with Gasteiger partial charge in [0.2, 0.25) is 13.9 Å². The summed E-state index contributed by atoms with van der Waals surface area (Å²) in [5.74, 6) is 0. The number of aryl methyl sites for hydroxylation is 2. The Labute approximate surface area is 322 Å². The zero-order valence-electron chi connectivity index (χ0n) is 32.1. The topological polar surface area (TPSA) is 71.1 Å². The molecule has 8 heteroatoms. The van der Waals surface area contributed by atoms with Gasteiger partial charge >= 0.3 is 7.60 Å². The highest BCUT2D eigenvalue weighted by atomic mass is 31.2. The minimum absolute atomic E-state index is 0.112. The molecule has 0 fully saturated rings. The highest BCUT2D eigenvalue weighted by molar-refractivity contribution is 7.66. The molecule has 0 bridgehead atoms. The second-order valence-electron chi connectivity index (χ2n) is 12.7. The van der Waals surface area contributed by atoms with Gasteiger partial charge in [-0.25, -0.2) is 0 Å². The van der Waals surface area contributed by atoms with Gasteiger partial charge in [-0.05, 0) is 103 Å². The maximum Gasteiger partial charge on any atom is 0.335 e. The van der Waals surface area contributed by atoms with Crippen molar-refractivity contribution in [2.24, 2.45) is 0 Å². The molecule has 0 aliphatic carbocycles. The Bertz CT molecular complexity index is 2100. The quantitative estimate of drug-likeness (QED) is 0.0654. The van der Waals surface area contributed by atoms with Crippen molar-refractivity contribution < 1.29 is 27.5 Å². The van der Waals surface area contributed by atoms with E-state index >= 15 is 0 Å². The molecule has 5 aromatic carbocycles. The van der Waals surface area contributed by atoms with Crippen molar-refractivity contribution in [1.82, 2.24) is 0 Å². The van der Waals surface area contributed by atoms with Crippen LogP contribution in [0.2, 0.25) is 0 Å². The SMILES string of the molecule is CCOP(OCC)C(=O)c1ccc(C=Cc2ccccc2-c2cc(C)c(-c3ccccc3C=Cc3ccc(CP(=O)(OCC)OCC)cc3)cc2C)cc1. The van der Waals surface area contributed by atoms with Crippen LogP contribution in [0, 0.1) is 13.8 Å². The van der Waals surface area contributed by atoms with Crippen LogP contribution in [0.4, 0.5) is 0 Å². The molecule has 0 aromatic heterocycles. The number of rotatable bonds is 18. The summed E-state index contributed by atoms with van der Waals surface area (Å²) < 4.78 is 35.1. The first-order valence-corrected chi connectivity index (χ1v) is 21.4. The van der Waals surface area contributed by atoms with Gasteiger partial charge in [-0.1, -0.05) is 133 Å². The molecule has 280 valence electrons. The van der Waals surface area contributed by atoms with Crippen molar-refractivity contribution in [3.63, 3.8) is 0 Å². The van der Waals surface area contributed by atoms with Gasteiger partial charge in [0.1, 0.15) is 0 Å². The molecule has 0 saturated heterocycles. The molecule has 0 spiro atoms. The minimum atomic E-state index is -3.16. The summed E-state index contributed by atoms with van der Waals surface area (Å²) in [7, 11) is -4.76. The summed E-state index contributed by atoms with van der Waals surface area (Å²) in [4.78, 5) is 12.9. The van der Waals surface area contributed by atoms with Crippen molar-refractivity contribution in [2.45, 2.75) is 47.7 Å². The summed E-state index contributed by atoms with van der Waals surface area (Å²) in [6.07, 6.45) is 8.72. The molecule has 0 saturated carbocycles.